The van der Waals surface area contributed by atoms with Crippen LogP contribution >= 0.6 is 0 Å². The molecule has 8 atom stereocenters. The molecule has 20 heteroatoms. The number of likely N-dealkylation sites (tertiary alicyclic amines) is 1. The van der Waals surface area contributed by atoms with Crippen LogP contribution in [0.2, 0.25) is 0 Å². The van der Waals surface area contributed by atoms with Crippen LogP contribution in [0, 0.1) is 11.8 Å². The van der Waals surface area contributed by atoms with E-state index in [0.29, 0.717) is 62.7 Å². The maximum Gasteiger partial charge on any atom is 0.326 e. The molecule has 69 heavy (non-hydrogen) atoms. The lowest BCUT2D eigenvalue weighted by Gasteiger charge is -2.29. The summed E-state index contributed by atoms with van der Waals surface area (Å²) in [6.07, 6.45) is 2.95. The highest BCUT2D eigenvalue weighted by molar-refractivity contribution is 5.95. The number of hydrogen-bond donors (Lipinski definition) is 11. The summed E-state index contributed by atoms with van der Waals surface area (Å²) in [4.78, 5) is 108. The lowest BCUT2D eigenvalue weighted by atomic mass is 9.99. The molecule has 0 saturated carbocycles. The van der Waals surface area contributed by atoms with Crippen molar-refractivity contribution >= 4 is 47.3 Å². The van der Waals surface area contributed by atoms with Crippen molar-refractivity contribution in [3.8, 4) is 0 Å². The van der Waals surface area contributed by atoms with Crippen molar-refractivity contribution in [3.05, 3.63) is 71.8 Å². The second-order valence-corrected chi connectivity index (χ2v) is 18.7. The minimum absolute atomic E-state index is 0.0281. The molecule has 20 nitrogen and oxygen atoms in total. The largest absolute Gasteiger partial charge is 0.480 e. The first-order valence-corrected chi connectivity index (χ1v) is 24.0. The summed E-state index contributed by atoms with van der Waals surface area (Å²) in [5.74, 6) is -5.81. The van der Waals surface area contributed by atoms with Crippen LogP contribution < -0.4 is 49.1 Å². The van der Waals surface area contributed by atoms with Crippen LogP contribution in [0.4, 0.5) is 0 Å². The molecular weight excluding hydrogens is 889 g/mol. The number of amides is 7. The van der Waals surface area contributed by atoms with Crippen molar-refractivity contribution in [1.82, 2.24) is 36.8 Å². The second-order valence-electron chi connectivity index (χ2n) is 18.7. The van der Waals surface area contributed by atoms with Gasteiger partial charge in [-0.15, -0.1) is 0 Å². The number of carboxylic acid groups (broad SMARTS) is 1. The number of hydrogen-bond acceptors (Lipinski definition) is 12. The van der Waals surface area contributed by atoms with Crippen LogP contribution in [0.5, 0.6) is 0 Å². The number of nitrogens with zero attached hydrogens (tertiary/aromatic N) is 1. The molecule has 2 aromatic carbocycles. The van der Waals surface area contributed by atoms with E-state index in [1.807, 2.05) is 27.7 Å². The number of aliphatic hydroxyl groups excluding tert-OH is 1. The van der Waals surface area contributed by atoms with Crippen LogP contribution in [0.15, 0.2) is 60.7 Å². The second kappa shape index (κ2) is 29.8. The van der Waals surface area contributed by atoms with Crippen molar-refractivity contribution in [2.24, 2.45) is 29.0 Å². The summed E-state index contributed by atoms with van der Waals surface area (Å²) in [5, 5.41) is 37.0. The van der Waals surface area contributed by atoms with E-state index in [1.165, 1.54) is 4.90 Å². The SMILES string of the molecule is CC(C)C[C@@H](CN[C@H](CC(C)C)C(=O)N[C@@H](CCC(N)=O)C(=O)N[C@@H](Cc1ccccc1)C(=O)O)NC(=O)[C@H](CO)NC(=O)[C@H](Cc1ccccc1)NC(=O)[C@@H]1CCCN1C(=O)[C@@H](N)CCCCN. The predicted molar refractivity (Wildman–Crippen MR) is 259 cm³/mol. The Morgan fingerprint density at radius 2 is 1.22 bits per heavy atom. The van der Waals surface area contributed by atoms with Crippen LogP contribution in [0.25, 0.3) is 0 Å². The van der Waals surface area contributed by atoms with E-state index < -0.39 is 96.4 Å². The third kappa shape index (κ3) is 20.3. The number of benzene rings is 2. The molecular formula is C49H76N10O10. The van der Waals surface area contributed by atoms with E-state index in [-0.39, 0.29) is 56.4 Å². The fourth-order valence-corrected chi connectivity index (χ4v) is 8.19. The Bertz CT molecular complexity index is 1970. The Hall–Kier alpha value is -5.96. The zero-order valence-corrected chi connectivity index (χ0v) is 40.5. The van der Waals surface area contributed by atoms with Crippen LogP contribution in [0.1, 0.15) is 96.6 Å². The number of aliphatic hydroxyl groups is 1. The van der Waals surface area contributed by atoms with E-state index >= 15 is 0 Å². The number of primary amides is 1. The van der Waals surface area contributed by atoms with Crippen molar-refractivity contribution in [2.45, 2.75) is 147 Å². The van der Waals surface area contributed by atoms with Crippen molar-refractivity contribution in [2.75, 3.05) is 26.2 Å². The molecule has 7 amide bonds. The first kappa shape index (κ1) is 57.4. The van der Waals surface area contributed by atoms with E-state index in [1.54, 1.807) is 60.7 Å². The predicted octanol–water partition coefficient (Wildman–Crippen LogP) is -0.264. The third-order valence-corrected chi connectivity index (χ3v) is 11.8. The quantitative estimate of drug-likeness (QED) is 0.0435. The van der Waals surface area contributed by atoms with Gasteiger partial charge < -0.3 is 64.2 Å². The fourth-order valence-electron chi connectivity index (χ4n) is 8.19. The number of nitrogens with one attached hydrogen (secondary N) is 6. The van der Waals surface area contributed by atoms with Crippen molar-refractivity contribution < 1.29 is 48.6 Å². The van der Waals surface area contributed by atoms with E-state index in [9.17, 15) is 48.6 Å². The topological polar surface area (TPSA) is 330 Å². The van der Waals surface area contributed by atoms with Gasteiger partial charge >= 0.3 is 5.97 Å². The van der Waals surface area contributed by atoms with Gasteiger partial charge in [0, 0.05) is 38.4 Å². The molecule has 0 aliphatic carbocycles. The highest BCUT2D eigenvalue weighted by atomic mass is 16.4. The van der Waals surface area contributed by atoms with Crippen LogP contribution in [0.3, 0.4) is 0 Å². The van der Waals surface area contributed by atoms with Gasteiger partial charge in [-0.3, -0.25) is 33.6 Å². The number of rotatable bonds is 31. The van der Waals surface area contributed by atoms with Gasteiger partial charge in [-0.05, 0) is 74.5 Å². The molecule has 1 heterocycles. The molecule has 1 aliphatic heterocycles. The molecule has 1 saturated heterocycles. The van der Waals surface area contributed by atoms with Gasteiger partial charge in [0.2, 0.25) is 41.4 Å². The maximum absolute atomic E-state index is 14.0. The molecule has 14 N–H and O–H groups in total. The molecule has 3 rings (SSSR count). The minimum atomic E-state index is -1.45. The monoisotopic (exact) mass is 965 g/mol. The summed E-state index contributed by atoms with van der Waals surface area (Å²) >= 11 is 0. The molecule has 0 bridgehead atoms. The van der Waals surface area contributed by atoms with E-state index in [0.717, 1.165) is 0 Å². The Morgan fingerprint density at radius 3 is 1.77 bits per heavy atom. The van der Waals surface area contributed by atoms with Gasteiger partial charge in [-0.25, -0.2) is 4.79 Å². The van der Waals surface area contributed by atoms with Gasteiger partial charge in [0.05, 0.1) is 18.7 Å². The number of carbonyl (C=O) groups excluding carboxylic acids is 7. The van der Waals surface area contributed by atoms with Gasteiger partial charge in [-0.2, -0.15) is 0 Å². The molecule has 0 aromatic heterocycles. The number of aliphatic carboxylic acids is 1. The molecule has 0 unspecified atom stereocenters. The maximum atomic E-state index is 14.0. The normalized spacial score (nSPS) is 16.6. The smallest absolute Gasteiger partial charge is 0.326 e. The van der Waals surface area contributed by atoms with E-state index in [4.69, 9.17) is 17.2 Å². The van der Waals surface area contributed by atoms with Gasteiger partial charge in [0.15, 0.2) is 0 Å². The average Bonchev–Trinajstić information content (AvgIpc) is 3.80. The molecule has 1 aliphatic rings. The van der Waals surface area contributed by atoms with Crippen LogP contribution in [-0.2, 0) is 51.2 Å². The molecule has 0 spiro atoms. The van der Waals surface area contributed by atoms with Crippen molar-refractivity contribution in [1.29, 1.82) is 0 Å². The minimum Gasteiger partial charge on any atom is -0.480 e. The highest BCUT2D eigenvalue weighted by Gasteiger charge is 2.38. The van der Waals surface area contributed by atoms with Crippen LogP contribution in [-0.4, -0.2) is 137 Å². The highest BCUT2D eigenvalue weighted by Crippen LogP contribution is 2.20. The summed E-state index contributed by atoms with van der Waals surface area (Å²) in [5.41, 5.74) is 18.6. The Morgan fingerprint density at radius 1 is 0.681 bits per heavy atom. The average molecular weight is 965 g/mol. The van der Waals surface area contributed by atoms with E-state index in [2.05, 4.69) is 31.9 Å². The summed E-state index contributed by atoms with van der Waals surface area (Å²) in [6, 6.07) is 9.09. The lowest BCUT2D eigenvalue weighted by Crippen LogP contribution is -2.60. The molecule has 1 fully saturated rings. The third-order valence-electron chi connectivity index (χ3n) is 11.8. The zero-order valence-electron chi connectivity index (χ0n) is 40.5. The molecule has 2 aromatic rings. The van der Waals surface area contributed by atoms with Gasteiger partial charge in [-0.1, -0.05) is 94.8 Å². The number of carbonyl (C=O) groups is 8. The first-order chi connectivity index (χ1) is 32.8. The summed E-state index contributed by atoms with van der Waals surface area (Å²) < 4.78 is 0. The zero-order chi connectivity index (χ0) is 51.0. The number of nitrogens with two attached hydrogens (primary N) is 3. The van der Waals surface area contributed by atoms with Gasteiger partial charge in [0.25, 0.3) is 0 Å². The molecule has 0 radical (unpaired) electrons. The summed E-state index contributed by atoms with van der Waals surface area (Å²) in [7, 11) is 0. The number of carboxylic acids is 1. The Kier molecular flexibility index (Phi) is 24.8. The fraction of sp³-hybridized carbons (Fsp3) is 0.592. The lowest BCUT2D eigenvalue weighted by molar-refractivity contribution is -0.142. The van der Waals surface area contributed by atoms with Gasteiger partial charge in [0.1, 0.15) is 30.2 Å². The first-order valence-electron chi connectivity index (χ1n) is 24.0. The number of unbranched alkanes of at least 4 members (excludes halogenated alkanes) is 1. The Labute approximate surface area is 405 Å². The van der Waals surface area contributed by atoms with Crippen molar-refractivity contribution in [3.63, 3.8) is 0 Å². The summed E-state index contributed by atoms with van der Waals surface area (Å²) in [6.45, 7) is 7.69. The Balaban J connectivity index is 1.75. The standard InChI is InChI=1S/C49H76N10O10/c1-30(2)24-34(28-53-37(25-31(3)4)44(63)55-36(20-21-42(52)61)43(62)57-39(49(68)69)27-33-16-9-6-10-17-33)54-46(65)40(29-60)58-45(64)38(26-32-14-7-5-8-15-32)56-47(66)41-19-13-23-59(41)48(67)35(51)18-11-12-22-50/h5-10,14-17,30-31,34-41,53,60H,11-13,18-29,50-51H2,1-4H3,(H2,52,61)(H,54,65)(H,55,63)(H,56,66)(H,57,62)(H,58,64)(H,68,69)/t34-,35-,36-,37+,38-,39-,40-,41-/m0/s1. The molecule has 382 valence electrons.